The Morgan fingerprint density at radius 3 is 2.42 bits per heavy atom. The number of carbonyl (C=O) groups excluding carboxylic acids is 4. The van der Waals surface area contributed by atoms with Gasteiger partial charge in [0.25, 0.3) is 5.69 Å². The van der Waals surface area contributed by atoms with Gasteiger partial charge in [-0.3, -0.25) is 24.5 Å². The molecule has 0 spiro atoms. The molecule has 0 bridgehead atoms. The summed E-state index contributed by atoms with van der Waals surface area (Å²) in [5, 5.41) is 18.0. The molecule has 3 fully saturated rings. The van der Waals surface area contributed by atoms with E-state index in [2.05, 4.69) is 17.2 Å². The SMILES string of the molecule is C=C[C@H]1C[C@]1(NC(=O)[C@@H]1CC(Oc2cc(-c3ccccc3)nc3ccc([N+](=O)[O-])cc23)CN1C(=O)[C@@H](NC(=O)OC(C)(C)C)C1CCCCC1)C(C)=O. The molecule has 1 aliphatic heterocycles. The van der Waals surface area contributed by atoms with Crippen molar-refractivity contribution in [2.24, 2.45) is 11.8 Å². The molecule has 6 rings (SSSR count). The van der Waals surface area contributed by atoms with E-state index in [9.17, 15) is 29.3 Å². The number of fused-ring (bicyclic) bond motifs is 1. The first-order valence-corrected chi connectivity index (χ1v) is 18.3. The molecule has 2 N–H and O–H groups in total. The average Bonchev–Trinajstić information content (AvgIpc) is 3.69. The van der Waals surface area contributed by atoms with E-state index >= 15 is 0 Å². The largest absolute Gasteiger partial charge is 0.488 e. The molecule has 3 aliphatic rings. The molecule has 5 atom stereocenters. The second kappa shape index (κ2) is 15.0. The van der Waals surface area contributed by atoms with E-state index in [-0.39, 0.29) is 36.3 Å². The quantitative estimate of drug-likeness (QED) is 0.131. The number of rotatable bonds is 11. The number of Topliss-reactive ketones (excluding diaryl/α,β-unsaturated/α-hetero) is 1. The molecule has 2 aromatic carbocycles. The van der Waals surface area contributed by atoms with E-state index in [0.717, 1.165) is 37.7 Å². The van der Waals surface area contributed by atoms with Crippen molar-refractivity contribution >= 4 is 40.3 Å². The summed E-state index contributed by atoms with van der Waals surface area (Å²) in [6, 6.07) is 13.5. The van der Waals surface area contributed by atoms with Crippen LogP contribution in [-0.4, -0.2) is 74.4 Å². The molecule has 1 saturated heterocycles. The van der Waals surface area contributed by atoms with Crippen LogP contribution in [0.2, 0.25) is 0 Å². The van der Waals surface area contributed by atoms with Crippen molar-refractivity contribution in [3.05, 3.63) is 77.4 Å². The molecular weight excluding hydrogens is 678 g/mol. The fourth-order valence-corrected chi connectivity index (χ4v) is 7.68. The van der Waals surface area contributed by atoms with Gasteiger partial charge in [0.2, 0.25) is 11.8 Å². The van der Waals surface area contributed by atoms with E-state index in [1.807, 2.05) is 30.3 Å². The van der Waals surface area contributed by atoms with Crippen molar-refractivity contribution in [1.29, 1.82) is 0 Å². The predicted octanol–water partition coefficient (Wildman–Crippen LogP) is 6.28. The van der Waals surface area contributed by atoms with Crippen LogP contribution in [0.5, 0.6) is 5.75 Å². The second-order valence-corrected chi connectivity index (χ2v) is 15.4. The van der Waals surface area contributed by atoms with Crippen molar-refractivity contribution in [2.75, 3.05) is 6.54 Å². The summed E-state index contributed by atoms with van der Waals surface area (Å²) in [5.74, 6) is -1.26. The summed E-state index contributed by atoms with van der Waals surface area (Å²) in [4.78, 5) is 72.3. The Balaban J connectivity index is 1.36. The van der Waals surface area contributed by atoms with Crippen LogP contribution < -0.4 is 15.4 Å². The average molecular weight is 726 g/mol. The van der Waals surface area contributed by atoms with Gasteiger partial charge in [-0.05, 0) is 58.9 Å². The van der Waals surface area contributed by atoms with Gasteiger partial charge >= 0.3 is 6.09 Å². The van der Waals surface area contributed by atoms with Gasteiger partial charge in [-0.1, -0.05) is 55.7 Å². The van der Waals surface area contributed by atoms with Gasteiger partial charge in [0.1, 0.15) is 35.1 Å². The van der Waals surface area contributed by atoms with E-state index in [1.165, 1.54) is 24.0 Å². The standard InChI is InChI=1S/C40H47N5O8/c1-6-27-22-40(27,24(2)46)43-36(47)33-20-29(23-44(33)37(48)35(26-15-11-8-12-16-26)42-38(49)53-39(3,4)5)52-34-21-32(25-13-9-7-10-14-25)41-31-18-17-28(45(50)51)19-30(31)34/h6-7,9-10,13-14,17-19,21,26-27,29,33,35H,1,8,11-12,15-16,20,22-23H2,2-5H3,(H,42,49)(H,43,47)/t27-,29?,33-,35-,40-/m0/s1. The number of ketones is 1. The highest BCUT2D eigenvalue weighted by atomic mass is 16.6. The molecule has 0 radical (unpaired) electrons. The Kier molecular flexibility index (Phi) is 10.6. The van der Waals surface area contributed by atoms with Crippen LogP contribution >= 0.6 is 0 Å². The van der Waals surface area contributed by atoms with Gasteiger partial charge < -0.3 is 25.0 Å². The number of nitrogens with one attached hydrogen (secondary N) is 2. The first kappa shape index (κ1) is 37.4. The van der Waals surface area contributed by atoms with Crippen LogP contribution in [0.3, 0.4) is 0 Å². The number of benzene rings is 2. The lowest BCUT2D eigenvalue weighted by Gasteiger charge is -2.35. The minimum Gasteiger partial charge on any atom is -0.488 e. The van der Waals surface area contributed by atoms with Gasteiger partial charge in [-0.25, -0.2) is 9.78 Å². The molecule has 13 heteroatoms. The molecule has 2 aliphatic carbocycles. The topological polar surface area (TPSA) is 170 Å². The zero-order valence-corrected chi connectivity index (χ0v) is 30.6. The molecule has 2 saturated carbocycles. The Morgan fingerprint density at radius 1 is 1.08 bits per heavy atom. The summed E-state index contributed by atoms with van der Waals surface area (Å²) in [6.07, 6.45) is 4.91. The third kappa shape index (κ3) is 8.18. The number of likely N-dealkylation sites (tertiary alicyclic amines) is 1. The highest BCUT2D eigenvalue weighted by Gasteiger charge is 2.59. The van der Waals surface area contributed by atoms with Crippen LogP contribution in [0.15, 0.2) is 67.3 Å². The van der Waals surface area contributed by atoms with Gasteiger partial charge in [0, 0.05) is 41.5 Å². The summed E-state index contributed by atoms with van der Waals surface area (Å²) in [5.41, 5.74) is -0.191. The molecule has 3 aromatic rings. The maximum atomic E-state index is 14.7. The summed E-state index contributed by atoms with van der Waals surface area (Å²) < 4.78 is 12.2. The fraction of sp³-hybridized carbons (Fsp3) is 0.475. The number of nitrogens with zero attached hydrogens (tertiary/aromatic N) is 3. The third-order valence-corrected chi connectivity index (χ3v) is 10.5. The van der Waals surface area contributed by atoms with Crippen LogP contribution in [0.4, 0.5) is 10.5 Å². The number of non-ortho nitro benzene ring substituents is 1. The molecule has 3 amide bonds. The highest BCUT2D eigenvalue weighted by Crippen LogP contribution is 2.45. The number of amides is 3. The normalized spacial score (nSPS) is 23.5. The maximum Gasteiger partial charge on any atom is 0.408 e. The van der Waals surface area contributed by atoms with Crippen LogP contribution in [0.1, 0.15) is 72.6 Å². The van der Waals surface area contributed by atoms with Crippen LogP contribution in [0, 0.1) is 22.0 Å². The minimum atomic E-state index is -1.10. The van der Waals surface area contributed by atoms with Crippen molar-refractivity contribution in [3.8, 4) is 17.0 Å². The minimum absolute atomic E-state index is 0.0203. The molecule has 2 heterocycles. The number of hydrogen-bond acceptors (Lipinski definition) is 9. The molecular formula is C40H47N5O8. The zero-order chi connectivity index (χ0) is 38.1. The molecule has 13 nitrogen and oxygen atoms in total. The van der Waals surface area contributed by atoms with Gasteiger partial charge in [0.05, 0.1) is 22.7 Å². The van der Waals surface area contributed by atoms with Crippen LogP contribution in [-0.2, 0) is 19.1 Å². The van der Waals surface area contributed by atoms with Crippen molar-refractivity contribution in [3.63, 3.8) is 0 Å². The summed E-state index contributed by atoms with van der Waals surface area (Å²) in [7, 11) is 0. The third-order valence-electron chi connectivity index (χ3n) is 10.5. The number of nitro benzene ring substituents is 1. The maximum absolute atomic E-state index is 14.7. The summed E-state index contributed by atoms with van der Waals surface area (Å²) >= 11 is 0. The zero-order valence-electron chi connectivity index (χ0n) is 30.6. The van der Waals surface area contributed by atoms with Crippen molar-refractivity contribution in [1.82, 2.24) is 20.5 Å². The molecule has 1 unspecified atom stereocenters. The van der Waals surface area contributed by atoms with E-state index < -0.39 is 52.2 Å². The number of pyridine rings is 1. The lowest BCUT2D eigenvalue weighted by molar-refractivity contribution is -0.384. The van der Waals surface area contributed by atoms with Crippen LogP contribution in [0.25, 0.3) is 22.2 Å². The summed E-state index contributed by atoms with van der Waals surface area (Å²) in [6.45, 7) is 10.5. The lowest BCUT2D eigenvalue weighted by atomic mass is 9.83. The molecule has 53 heavy (non-hydrogen) atoms. The van der Waals surface area contributed by atoms with Crippen molar-refractivity contribution < 1.29 is 33.6 Å². The monoisotopic (exact) mass is 725 g/mol. The first-order valence-electron chi connectivity index (χ1n) is 18.3. The lowest BCUT2D eigenvalue weighted by Crippen LogP contribution is -2.58. The first-order chi connectivity index (χ1) is 25.2. The van der Waals surface area contributed by atoms with Crippen molar-refractivity contribution in [2.45, 2.75) is 102 Å². The number of ether oxygens (including phenoxy) is 2. The van der Waals surface area contributed by atoms with Gasteiger partial charge in [-0.2, -0.15) is 0 Å². The number of alkyl carbamates (subject to hydrolysis) is 1. The molecule has 1 aromatic heterocycles. The molecule has 280 valence electrons. The Bertz CT molecular complexity index is 1920. The smallest absolute Gasteiger partial charge is 0.408 e. The fourth-order valence-electron chi connectivity index (χ4n) is 7.68. The Hall–Kier alpha value is -5.33. The number of aromatic nitrogens is 1. The number of nitro groups is 1. The van der Waals surface area contributed by atoms with Gasteiger partial charge in [-0.15, -0.1) is 6.58 Å². The predicted molar refractivity (Wildman–Crippen MR) is 198 cm³/mol. The van der Waals surface area contributed by atoms with E-state index in [1.54, 1.807) is 39.0 Å². The number of hydrogen-bond donors (Lipinski definition) is 2. The van der Waals surface area contributed by atoms with E-state index in [4.69, 9.17) is 14.5 Å². The highest BCUT2D eigenvalue weighted by molar-refractivity contribution is 5.98. The number of carbonyl (C=O) groups is 4. The van der Waals surface area contributed by atoms with E-state index in [0.29, 0.717) is 28.8 Å². The second-order valence-electron chi connectivity index (χ2n) is 15.4. The Morgan fingerprint density at radius 2 is 1.79 bits per heavy atom. The Labute approximate surface area is 308 Å². The van der Waals surface area contributed by atoms with Gasteiger partial charge in [0.15, 0.2) is 5.78 Å².